The van der Waals surface area contributed by atoms with E-state index in [1.54, 1.807) is 36.7 Å². The summed E-state index contributed by atoms with van der Waals surface area (Å²) in [7, 11) is 0. The molecule has 0 saturated heterocycles. The van der Waals surface area contributed by atoms with Crippen LogP contribution in [0.3, 0.4) is 0 Å². The number of hydrogen-bond acceptors (Lipinski definition) is 4. The highest BCUT2D eigenvalue weighted by Gasteiger charge is 2.11. The largest absolute Gasteiger partial charge is 0.436 e. The highest BCUT2D eigenvalue weighted by atomic mass is 35.5. The first-order valence-electron chi connectivity index (χ1n) is 5.00. The van der Waals surface area contributed by atoms with Crippen molar-refractivity contribution in [3.8, 4) is 11.5 Å². The Morgan fingerprint density at radius 2 is 2.12 bits per heavy atom. The minimum absolute atomic E-state index is 0.470. The van der Waals surface area contributed by atoms with Gasteiger partial charge in [-0.3, -0.25) is 4.98 Å². The first-order valence-corrected chi connectivity index (χ1v) is 5.38. The second kappa shape index (κ2) is 3.75. The number of anilines is 1. The van der Waals surface area contributed by atoms with Gasteiger partial charge in [0.05, 0.1) is 16.8 Å². The first kappa shape index (κ1) is 10.1. The topological polar surface area (TPSA) is 64.9 Å². The number of pyridine rings is 1. The fourth-order valence-electron chi connectivity index (χ4n) is 1.60. The summed E-state index contributed by atoms with van der Waals surface area (Å²) in [6, 6.07) is 6.98. The molecule has 1 aromatic carbocycles. The maximum Gasteiger partial charge on any atom is 0.228 e. The SMILES string of the molecule is Nc1ccc(-c2nc3cnccc3o2)c(Cl)c1. The van der Waals surface area contributed by atoms with Crippen LogP contribution in [-0.2, 0) is 0 Å². The van der Waals surface area contributed by atoms with Crippen LogP contribution in [0.4, 0.5) is 5.69 Å². The highest BCUT2D eigenvalue weighted by molar-refractivity contribution is 6.33. The molecule has 0 radical (unpaired) electrons. The van der Waals surface area contributed by atoms with Crippen LogP contribution >= 0.6 is 11.6 Å². The zero-order valence-electron chi connectivity index (χ0n) is 8.72. The van der Waals surface area contributed by atoms with Gasteiger partial charge in [0.1, 0.15) is 5.52 Å². The lowest BCUT2D eigenvalue weighted by Crippen LogP contribution is -1.85. The molecule has 17 heavy (non-hydrogen) atoms. The van der Waals surface area contributed by atoms with Crippen molar-refractivity contribution in [2.75, 3.05) is 5.73 Å². The van der Waals surface area contributed by atoms with Crippen molar-refractivity contribution in [2.24, 2.45) is 0 Å². The maximum absolute atomic E-state index is 6.10. The van der Waals surface area contributed by atoms with E-state index >= 15 is 0 Å². The lowest BCUT2D eigenvalue weighted by atomic mass is 10.2. The maximum atomic E-state index is 6.10. The Morgan fingerprint density at radius 3 is 2.88 bits per heavy atom. The predicted molar refractivity (Wildman–Crippen MR) is 66.7 cm³/mol. The van der Waals surface area contributed by atoms with Crippen LogP contribution in [0, 0.1) is 0 Å². The zero-order valence-corrected chi connectivity index (χ0v) is 9.48. The lowest BCUT2D eigenvalue weighted by molar-refractivity contribution is 0.619. The molecule has 4 nitrogen and oxygen atoms in total. The number of nitrogen functional groups attached to an aromatic ring is 1. The molecule has 5 heteroatoms. The Balaban J connectivity index is 2.20. The molecule has 84 valence electrons. The summed E-state index contributed by atoms with van der Waals surface area (Å²) in [6.07, 6.45) is 3.30. The van der Waals surface area contributed by atoms with E-state index in [9.17, 15) is 0 Å². The second-order valence-corrected chi connectivity index (χ2v) is 4.01. The molecule has 0 aliphatic heterocycles. The number of benzene rings is 1. The van der Waals surface area contributed by atoms with E-state index in [-0.39, 0.29) is 0 Å². The molecule has 2 heterocycles. The quantitative estimate of drug-likeness (QED) is 0.669. The minimum Gasteiger partial charge on any atom is -0.436 e. The van der Waals surface area contributed by atoms with Crippen molar-refractivity contribution >= 4 is 28.4 Å². The Kier molecular flexibility index (Phi) is 2.23. The molecule has 2 N–H and O–H groups in total. The van der Waals surface area contributed by atoms with Crippen LogP contribution in [0.5, 0.6) is 0 Å². The van der Waals surface area contributed by atoms with Crippen LogP contribution in [0.25, 0.3) is 22.6 Å². The first-order chi connectivity index (χ1) is 8.24. The molecule has 0 atom stereocenters. The van der Waals surface area contributed by atoms with E-state index in [2.05, 4.69) is 9.97 Å². The summed E-state index contributed by atoms with van der Waals surface area (Å²) in [5.41, 5.74) is 8.35. The molecule has 0 aliphatic carbocycles. The van der Waals surface area contributed by atoms with Crippen LogP contribution in [0.15, 0.2) is 41.1 Å². The van der Waals surface area contributed by atoms with Gasteiger partial charge in [0, 0.05) is 18.0 Å². The van der Waals surface area contributed by atoms with Crippen molar-refractivity contribution in [3.63, 3.8) is 0 Å². The molecule has 0 aliphatic rings. The molecule has 0 bridgehead atoms. The van der Waals surface area contributed by atoms with Gasteiger partial charge in [-0.25, -0.2) is 4.98 Å². The van der Waals surface area contributed by atoms with Gasteiger partial charge in [0.15, 0.2) is 5.58 Å². The van der Waals surface area contributed by atoms with Gasteiger partial charge in [0.25, 0.3) is 0 Å². The van der Waals surface area contributed by atoms with Gasteiger partial charge < -0.3 is 10.2 Å². The number of halogens is 1. The molecule has 0 unspecified atom stereocenters. The van der Waals surface area contributed by atoms with Gasteiger partial charge in [0.2, 0.25) is 5.89 Å². The van der Waals surface area contributed by atoms with E-state index in [4.69, 9.17) is 21.8 Å². The van der Waals surface area contributed by atoms with Crippen molar-refractivity contribution in [1.29, 1.82) is 0 Å². The third-order valence-corrected chi connectivity index (χ3v) is 2.73. The van der Waals surface area contributed by atoms with Gasteiger partial charge in [-0.15, -0.1) is 0 Å². The molecular formula is C12H8ClN3O. The van der Waals surface area contributed by atoms with Crippen molar-refractivity contribution in [3.05, 3.63) is 41.7 Å². The number of hydrogen-bond donors (Lipinski definition) is 1. The normalized spacial score (nSPS) is 10.9. The van der Waals surface area contributed by atoms with E-state index in [0.717, 1.165) is 5.56 Å². The summed E-state index contributed by atoms with van der Waals surface area (Å²) >= 11 is 6.10. The molecule has 3 rings (SSSR count). The van der Waals surface area contributed by atoms with Crippen LogP contribution in [0.1, 0.15) is 0 Å². The number of rotatable bonds is 1. The third kappa shape index (κ3) is 1.72. The minimum atomic E-state index is 0.470. The number of aromatic nitrogens is 2. The molecule has 0 amide bonds. The highest BCUT2D eigenvalue weighted by Crippen LogP contribution is 2.30. The zero-order chi connectivity index (χ0) is 11.8. The Labute approximate surface area is 102 Å². The second-order valence-electron chi connectivity index (χ2n) is 3.60. The number of oxazole rings is 1. The van der Waals surface area contributed by atoms with E-state index < -0.39 is 0 Å². The summed E-state index contributed by atoms with van der Waals surface area (Å²) in [5, 5.41) is 0.518. The summed E-state index contributed by atoms with van der Waals surface area (Å²) in [4.78, 5) is 8.30. The van der Waals surface area contributed by atoms with Crippen LogP contribution in [-0.4, -0.2) is 9.97 Å². The average Bonchev–Trinajstić information content (AvgIpc) is 2.72. The summed E-state index contributed by atoms with van der Waals surface area (Å²) in [6.45, 7) is 0. The van der Waals surface area contributed by atoms with Crippen LogP contribution in [0.2, 0.25) is 5.02 Å². The summed E-state index contributed by atoms with van der Waals surface area (Å²) < 4.78 is 5.60. The fraction of sp³-hybridized carbons (Fsp3) is 0. The standard InChI is InChI=1S/C12H8ClN3O/c13-9-5-7(14)1-2-8(9)12-16-10-6-15-4-3-11(10)17-12/h1-6H,14H2. The molecule has 2 aromatic heterocycles. The Morgan fingerprint density at radius 1 is 1.24 bits per heavy atom. The van der Waals surface area contributed by atoms with Crippen molar-refractivity contribution in [2.45, 2.75) is 0 Å². The van der Waals surface area contributed by atoms with E-state index in [1.165, 1.54) is 0 Å². The molecule has 0 fully saturated rings. The Bertz CT molecular complexity index is 660. The number of nitrogens with zero attached hydrogens (tertiary/aromatic N) is 2. The molecule has 3 aromatic rings. The predicted octanol–water partition coefficient (Wildman–Crippen LogP) is 3.13. The third-order valence-electron chi connectivity index (χ3n) is 2.41. The molecule has 0 saturated carbocycles. The van der Waals surface area contributed by atoms with Crippen molar-refractivity contribution < 1.29 is 4.42 Å². The van der Waals surface area contributed by atoms with E-state index in [1.807, 2.05) is 0 Å². The lowest BCUT2D eigenvalue weighted by Gasteiger charge is -1.99. The van der Waals surface area contributed by atoms with Crippen LogP contribution < -0.4 is 5.73 Å². The number of nitrogens with two attached hydrogens (primary N) is 1. The summed E-state index contributed by atoms with van der Waals surface area (Å²) in [5.74, 6) is 0.470. The van der Waals surface area contributed by atoms with Crippen molar-refractivity contribution in [1.82, 2.24) is 9.97 Å². The molecule has 0 spiro atoms. The van der Waals surface area contributed by atoms with Gasteiger partial charge in [-0.05, 0) is 18.2 Å². The van der Waals surface area contributed by atoms with Gasteiger partial charge in [-0.2, -0.15) is 0 Å². The van der Waals surface area contributed by atoms with Gasteiger partial charge in [-0.1, -0.05) is 11.6 Å². The monoisotopic (exact) mass is 245 g/mol. The van der Waals surface area contributed by atoms with E-state index in [0.29, 0.717) is 27.7 Å². The Hall–Kier alpha value is -2.07. The fourth-order valence-corrected chi connectivity index (χ4v) is 1.87. The number of fused-ring (bicyclic) bond motifs is 1. The smallest absolute Gasteiger partial charge is 0.228 e. The average molecular weight is 246 g/mol. The molecular weight excluding hydrogens is 238 g/mol. The van der Waals surface area contributed by atoms with Gasteiger partial charge >= 0.3 is 0 Å².